The van der Waals surface area contributed by atoms with Crippen molar-refractivity contribution in [2.45, 2.75) is 51.0 Å². The molecule has 0 radical (unpaired) electrons. The third kappa shape index (κ3) is 3.23. The summed E-state index contributed by atoms with van der Waals surface area (Å²) in [7, 11) is 0. The molecule has 1 heterocycles. The van der Waals surface area contributed by atoms with E-state index < -0.39 is 18.2 Å². The second-order valence-electron chi connectivity index (χ2n) is 6.39. The first-order valence-electron chi connectivity index (χ1n) is 6.82. The number of nitrogens with zero attached hydrogens (tertiary/aromatic N) is 2. The van der Waals surface area contributed by atoms with Crippen molar-refractivity contribution in [3.8, 4) is 0 Å². The van der Waals surface area contributed by atoms with Gasteiger partial charge in [-0.25, -0.2) is 19.2 Å². The molecule has 1 aromatic rings. The van der Waals surface area contributed by atoms with E-state index in [4.69, 9.17) is 0 Å². The van der Waals surface area contributed by atoms with E-state index in [1.54, 1.807) is 12.4 Å². The summed E-state index contributed by atoms with van der Waals surface area (Å²) in [5, 5.41) is 5.33. The van der Waals surface area contributed by atoms with E-state index in [-0.39, 0.29) is 5.41 Å². The van der Waals surface area contributed by atoms with Crippen molar-refractivity contribution in [2.24, 2.45) is 0 Å². The molecule has 2 amide bonds. The van der Waals surface area contributed by atoms with Crippen molar-refractivity contribution in [3.05, 3.63) is 18.2 Å². The molecule has 0 spiro atoms. The zero-order valence-corrected chi connectivity index (χ0v) is 12.2. The maximum atomic E-state index is 12.9. The highest BCUT2D eigenvalue weighted by Gasteiger charge is 2.38. The highest BCUT2D eigenvalue weighted by Crippen LogP contribution is 2.32. The van der Waals surface area contributed by atoms with E-state index in [1.807, 2.05) is 20.8 Å². The highest BCUT2D eigenvalue weighted by molar-refractivity contribution is 5.89. The van der Waals surface area contributed by atoms with Crippen molar-refractivity contribution >= 4 is 11.7 Å². The molecule has 110 valence electrons. The molecule has 1 saturated carbocycles. The molecule has 6 heteroatoms. The van der Waals surface area contributed by atoms with Crippen molar-refractivity contribution < 1.29 is 9.18 Å². The van der Waals surface area contributed by atoms with Crippen molar-refractivity contribution in [1.29, 1.82) is 0 Å². The number of carbonyl (C=O) groups is 1. The van der Waals surface area contributed by atoms with E-state index in [9.17, 15) is 9.18 Å². The number of amides is 2. The fraction of sp³-hybridized carbons (Fsp3) is 0.643. The van der Waals surface area contributed by atoms with Gasteiger partial charge < -0.3 is 10.6 Å². The summed E-state index contributed by atoms with van der Waals surface area (Å²) in [6.45, 7) is 5.52. The zero-order chi connectivity index (χ0) is 14.8. The fourth-order valence-electron chi connectivity index (χ4n) is 2.08. The third-order valence-corrected chi connectivity index (χ3v) is 3.53. The lowest BCUT2D eigenvalue weighted by molar-refractivity contribution is 0.148. The molecule has 1 fully saturated rings. The zero-order valence-electron chi connectivity index (χ0n) is 12.2. The summed E-state index contributed by atoms with van der Waals surface area (Å²) < 4.78 is 12.9. The van der Waals surface area contributed by atoms with Gasteiger partial charge in [0.1, 0.15) is 12.5 Å². The standard InChI is InChI=1S/C14H21FN4O/c1-13(2,3)11-16-7-10(8-17-11)18-12(20)19-14(9-15)5-4-6-14/h7-8H,4-6,9H2,1-3H3,(H2,18,19,20). The quantitative estimate of drug-likeness (QED) is 0.894. The molecule has 0 saturated heterocycles. The Morgan fingerprint density at radius 3 is 2.35 bits per heavy atom. The number of urea groups is 1. The first kappa shape index (κ1) is 14.7. The van der Waals surface area contributed by atoms with Gasteiger partial charge >= 0.3 is 6.03 Å². The average Bonchev–Trinajstić information content (AvgIpc) is 2.33. The number of hydrogen-bond donors (Lipinski definition) is 2. The molecular weight excluding hydrogens is 259 g/mol. The van der Waals surface area contributed by atoms with Crippen LogP contribution < -0.4 is 10.6 Å². The minimum atomic E-state index is -0.670. The number of rotatable bonds is 3. The van der Waals surface area contributed by atoms with E-state index in [0.717, 1.165) is 6.42 Å². The molecule has 0 atom stereocenters. The van der Waals surface area contributed by atoms with Crippen LogP contribution in [0, 0.1) is 0 Å². The number of carbonyl (C=O) groups excluding carboxylic acids is 1. The Labute approximate surface area is 118 Å². The summed E-state index contributed by atoms with van der Waals surface area (Å²) in [5.74, 6) is 0.711. The SMILES string of the molecule is CC(C)(C)c1ncc(NC(=O)NC2(CF)CCC2)cn1. The molecule has 20 heavy (non-hydrogen) atoms. The average molecular weight is 280 g/mol. The Bertz CT molecular complexity index is 471. The van der Waals surface area contributed by atoms with Gasteiger partial charge in [-0.2, -0.15) is 0 Å². The Kier molecular flexibility index (Phi) is 3.92. The predicted molar refractivity (Wildman–Crippen MR) is 75.4 cm³/mol. The predicted octanol–water partition coefficient (Wildman–Crippen LogP) is 2.79. The smallest absolute Gasteiger partial charge is 0.319 e. The summed E-state index contributed by atoms with van der Waals surface area (Å²) in [6, 6.07) is -0.408. The lowest BCUT2D eigenvalue weighted by Crippen LogP contribution is -2.56. The van der Waals surface area contributed by atoms with Crippen LogP contribution in [0.4, 0.5) is 14.9 Å². The van der Waals surface area contributed by atoms with Crippen LogP contribution in [0.1, 0.15) is 45.9 Å². The lowest BCUT2D eigenvalue weighted by atomic mass is 9.78. The van der Waals surface area contributed by atoms with E-state index in [1.165, 1.54) is 0 Å². The molecule has 0 aliphatic heterocycles. The van der Waals surface area contributed by atoms with E-state index in [0.29, 0.717) is 24.4 Å². The van der Waals surface area contributed by atoms with Crippen LogP contribution in [0.2, 0.25) is 0 Å². The third-order valence-electron chi connectivity index (χ3n) is 3.53. The van der Waals surface area contributed by atoms with Crippen molar-refractivity contribution in [1.82, 2.24) is 15.3 Å². The van der Waals surface area contributed by atoms with Crippen LogP contribution in [0.15, 0.2) is 12.4 Å². The Balaban J connectivity index is 1.95. The van der Waals surface area contributed by atoms with Crippen molar-refractivity contribution in [2.75, 3.05) is 12.0 Å². The van der Waals surface area contributed by atoms with E-state index >= 15 is 0 Å². The Morgan fingerprint density at radius 2 is 1.95 bits per heavy atom. The second kappa shape index (κ2) is 5.34. The Morgan fingerprint density at radius 1 is 1.35 bits per heavy atom. The van der Waals surface area contributed by atoms with Gasteiger partial charge in [0.25, 0.3) is 0 Å². The summed E-state index contributed by atoms with van der Waals surface area (Å²) in [4.78, 5) is 20.3. The number of anilines is 1. The minimum Gasteiger partial charge on any atom is -0.330 e. The topological polar surface area (TPSA) is 66.9 Å². The van der Waals surface area contributed by atoms with Gasteiger partial charge in [0.15, 0.2) is 0 Å². The molecule has 1 aliphatic carbocycles. The first-order valence-corrected chi connectivity index (χ1v) is 6.82. The van der Waals surface area contributed by atoms with Crippen LogP contribution in [-0.4, -0.2) is 28.2 Å². The molecule has 5 nitrogen and oxygen atoms in total. The summed E-state index contributed by atoms with van der Waals surface area (Å²) in [6.07, 6.45) is 5.46. The molecule has 0 aromatic carbocycles. The molecule has 2 N–H and O–H groups in total. The molecule has 1 aromatic heterocycles. The minimum absolute atomic E-state index is 0.134. The van der Waals surface area contributed by atoms with Gasteiger partial charge in [0, 0.05) is 5.41 Å². The molecule has 2 rings (SSSR count). The van der Waals surface area contributed by atoms with Crippen molar-refractivity contribution in [3.63, 3.8) is 0 Å². The maximum Gasteiger partial charge on any atom is 0.319 e. The molecule has 0 bridgehead atoms. The molecule has 0 unspecified atom stereocenters. The van der Waals surface area contributed by atoms with Gasteiger partial charge in [0.2, 0.25) is 0 Å². The van der Waals surface area contributed by atoms with Gasteiger partial charge in [-0.1, -0.05) is 20.8 Å². The molecular formula is C14H21FN4O. The number of aromatic nitrogens is 2. The first-order chi connectivity index (χ1) is 9.35. The lowest BCUT2D eigenvalue weighted by Gasteiger charge is -2.39. The number of alkyl halides is 1. The fourth-order valence-corrected chi connectivity index (χ4v) is 2.08. The summed E-state index contributed by atoms with van der Waals surface area (Å²) >= 11 is 0. The molecule has 1 aliphatic rings. The second-order valence-corrected chi connectivity index (χ2v) is 6.39. The maximum absolute atomic E-state index is 12.9. The van der Waals surface area contributed by atoms with Gasteiger partial charge in [-0.05, 0) is 19.3 Å². The van der Waals surface area contributed by atoms with Crippen LogP contribution in [0.3, 0.4) is 0 Å². The largest absolute Gasteiger partial charge is 0.330 e. The number of halogens is 1. The van der Waals surface area contributed by atoms with E-state index in [2.05, 4.69) is 20.6 Å². The Hall–Kier alpha value is -1.72. The van der Waals surface area contributed by atoms with Gasteiger partial charge in [-0.3, -0.25) is 0 Å². The van der Waals surface area contributed by atoms with Crippen LogP contribution in [0.25, 0.3) is 0 Å². The van der Waals surface area contributed by atoms with Gasteiger partial charge in [0.05, 0.1) is 23.6 Å². The van der Waals surface area contributed by atoms with Crippen LogP contribution in [-0.2, 0) is 5.41 Å². The highest BCUT2D eigenvalue weighted by atomic mass is 19.1. The van der Waals surface area contributed by atoms with Gasteiger partial charge in [-0.15, -0.1) is 0 Å². The summed E-state index contributed by atoms with van der Waals surface area (Å²) in [5.41, 5.74) is -0.301. The van der Waals surface area contributed by atoms with Crippen LogP contribution >= 0.6 is 0 Å². The van der Waals surface area contributed by atoms with Crippen LogP contribution in [0.5, 0.6) is 0 Å². The number of nitrogens with one attached hydrogen (secondary N) is 2. The number of hydrogen-bond acceptors (Lipinski definition) is 3. The normalized spacial score (nSPS) is 17.2. The monoisotopic (exact) mass is 280 g/mol.